The second kappa shape index (κ2) is 7.10. The first-order valence-electron chi connectivity index (χ1n) is 6.54. The second-order valence-electron chi connectivity index (χ2n) is 4.40. The first-order chi connectivity index (χ1) is 9.24. The number of benzene rings is 1. The normalized spacial score (nSPS) is 17.6. The van der Waals surface area contributed by atoms with Crippen LogP contribution >= 0.6 is 11.6 Å². The van der Waals surface area contributed by atoms with Gasteiger partial charge in [0.25, 0.3) is 0 Å². The van der Waals surface area contributed by atoms with Gasteiger partial charge in [-0.3, -0.25) is 0 Å². The lowest BCUT2D eigenvalue weighted by atomic mass is 10.0. The zero-order valence-electron chi connectivity index (χ0n) is 11.3. The molecule has 0 spiro atoms. The molecule has 0 aliphatic carbocycles. The summed E-state index contributed by atoms with van der Waals surface area (Å²) in [5.74, 6) is 0.827. The lowest BCUT2D eigenvalue weighted by molar-refractivity contribution is -0.0530. The number of methoxy groups -OCH3 is 1. The van der Waals surface area contributed by atoms with Crippen LogP contribution in [0.15, 0.2) is 18.2 Å². The first-order valence-corrected chi connectivity index (χ1v) is 6.92. The average molecular weight is 286 g/mol. The minimum absolute atomic E-state index is 0.0988. The van der Waals surface area contributed by atoms with Crippen LogP contribution in [0.2, 0.25) is 5.02 Å². The summed E-state index contributed by atoms with van der Waals surface area (Å²) in [5.41, 5.74) is 1.04. The average Bonchev–Trinajstić information content (AvgIpc) is 2.91. The van der Waals surface area contributed by atoms with Crippen molar-refractivity contribution >= 4 is 11.6 Å². The predicted molar refractivity (Wildman–Crippen MR) is 74.7 cm³/mol. The number of rotatable bonds is 6. The van der Waals surface area contributed by atoms with Crippen LogP contribution in [0.5, 0.6) is 5.75 Å². The van der Waals surface area contributed by atoms with Crippen LogP contribution in [-0.4, -0.2) is 33.2 Å². The summed E-state index contributed by atoms with van der Waals surface area (Å²) in [6.45, 7) is 4.25. The SMILES string of the molecule is CCNC(CC1OCCO1)c1cc(Cl)ccc1OC. The predicted octanol–water partition coefficient (Wildman–Crippen LogP) is 2.76. The lowest BCUT2D eigenvalue weighted by Crippen LogP contribution is -2.26. The van der Waals surface area contributed by atoms with Crippen molar-refractivity contribution < 1.29 is 14.2 Å². The summed E-state index contributed by atoms with van der Waals surface area (Å²) in [6.07, 6.45) is 0.581. The second-order valence-corrected chi connectivity index (χ2v) is 4.84. The van der Waals surface area contributed by atoms with Crippen molar-refractivity contribution in [2.75, 3.05) is 26.9 Å². The van der Waals surface area contributed by atoms with Gasteiger partial charge in [-0.15, -0.1) is 0 Å². The van der Waals surface area contributed by atoms with E-state index in [0.717, 1.165) is 24.3 Å². The van der Waals surface area contributed by atoms with Gasteiger partial charge in [-0.1, -0.05) is 18.5 Å². The van der Waals surface area contributed by atoms with Crippen molar-refractivity contribution in [3.8, 4) is 5.75 Å². The summed E-state index contributed by atoms with van der Waals surface area (Å²) in [5, 5.41) is 4.13. The van der Waals surface area contributed by atoms with Crippen LogP contribution in [0.3, 0.4) is 0 Å². The minimum Gasteiger partial charge on any atom is -0.496 e. The molecule has 1 aliphatic heterocycles. The number of halogens is 1. The molecule has 0 bridgehead atoms. The first kappa shape index (κ1) is 14.6. The summed E-state index contributed by atoms with van der Waals surface area (Å²) < 4.78 is 16.4. The molecule has 1 fully saturated rings. The van der Waals surface area contributed by atoms with E-state index in [-0.39, 0.29) is 12.3 Å². The maximum atomic E-state index is 6.09. The maximum absolute atomic E-state index is 6.09. The molecular weight excluding hydrogens is 266 g/mol. The zero-order valence-corrected chi connectivity index (χ0v) is 12.1. The molecule has 0 amide bonds. The Kier molecular flexibility index (Phi) is 5.45. The van der Waals surface area contributed by atoms with E-state index < -0.39 is 0 Å². The molecule has 2 rings (SSSR count). The summed E-state index contributed by atoms with van der Waals surface area (Å²) in [7, 11) is 1.66. The molecule has 1 aromatic rings. The van der Waals surface area contributed by atoms with E-state index in [1.165, 1.54) is 0 Å². The Balaban J connectivity index is 2.18. The Hall–Kier alpha value is -0.810. The van der Waals surface area contributed by atoms with Crippen molar-refractivity contribution in [2.24, 2.45) is 0 Å². The van der Waals surface area contributed by atoms with Gasteiger partial charge < -0.3 is 19.5 Å². The van der Waals surface area contributed by atoms with E-state index in [1.807, 2.05) is 18.2 Å². The third-order valence-corrected chi connectivity index (χ3v) is 3.37. The highest BCUT2D eigenvalue weighted by molar-refractivity contribution is 6.30. The highest BCUT2D eigenvalue weighted by Crippen LogP contribution is 2.32. The van der Waals surface area contributed by atoms with Gasteiger partial charge in [0.2, 0.25) is 0 Å². The van der Waals surface area contributed by atoms with E-state index in [0.29, 0.717) is 18.2 Å². The fourth-order valence-electron chi connectivity index (χ4n) is 2.28. The molecule has 106 valence electrons. The summed E-state index contributed by atoms with van der Waals surface area (Å²) >= 11 is 6.09. The largest absolute Gasteiger partial charge is 0.496 e. The molecule has 1 atom stereocenters. The van der Waals surface area contributed by atoms with Crippen LogP contribution in [0, 0.1) is 0 Å². The molecule has 0 radical (unpaired) electrons. The summed E-state index contributed by atoms with van der Waals surface area (Å²) in [4.78, 5) is 0. The minimum atomic E-state index is -0.160. The van der Waals surface area contributed by atoms with Gasteiger partial charge in [0.15, 0.2) is 6.29 Å². The molecular formula is C14H20ClNO3. The monoisotopic (exact) mass is 285 g/mol. The van der Waals surface area contributed by atoms with Crippen molar-refractivity contribution in [3.05, 3.63) is 28.8 Å². The third-order valence-electron chi connectivity index (χ3n) is 3.14. The molecule has 0 aromatic heterocycles. The van der Waals surface area contributed by atoms with Gasteiger partial charge in [-0.05, 0) is 24.7 Å². The lowest BCUT2D eigenvalue weighted by Gasteiger charge is -2.23. The van der Waals surface area contributed by atoms with Crippen molar-refractivity contribution in [3.63, 3.8) is 0 Å². The number of hydrogen-bond acceptors (Lipinski definition) is 4. The van der Waals surface area contributed by atoms with E-state index in [9.17, 15) is 0 Å². The van der Waals surface area contributed by atoms with Gasteiger partial charge in [-0.2, -0.15) is 0 Å². The molecule has 1 heterocycles. The Morgan fingerprint density at radius 3 is 2.79 bits per heavy atom. The van der Waals surface area contributed by atoms with Crippen LogP contribution in [-0.2, 0) is 9.47 Å². The van der Waals surface area contributed by atoms with Gasteiger partial charge in [0.1, 0.15) is 5.75 Å². The van der Waals surface area contributed by atoms with Crippen molar-refractivity contribution in [2.45, 2.75) is 25.7 Å². The van der Waals surface area contributed by atoms with E-state index in [2.05, 4.69) is 12.2 Å². The zero-order chi connectivity index (χ0) is 13.7. The molecule has 0 saturated carbocycles. The fourth-order valence-corrected chi connectivity index (χ4v) is 2.46. The number of hydrogen-bond donors (Lipinski definition) is 1. The van der Waals surface area contributed by atoms with Gasteiger partial charge in [-0.25, -0.2) is 0 Å². The molecule has 1 N–H and O–H groups in total. The molecule has 4 nitrogen and oxygen atoms in total. The Bertz CT molecular complexity index is 408. The topological polar surface area (TPSA) is 39.7 Å². The van der Waals surface area contributed by atoms with Crippen molar-refractivity contribution in [1.82, 2.24) is 5.32 Å². The third kappa shape index (κ3) is 3.83. The van der Waals surface area contributed by atoms with E-state index in [1.54, 1.807) is 7.11 Å². The van der Waals surface area contributed by atoms with Crippen LogP contribution < -0.4 is 10.1 Å². The Labute approximate surface area is 119 Å². The number of ether oxygens (including phenoxy) is 3. The maximum Gasteiger partial charge on any atom is 0.159 e. The van der Waals surface area contributed by atoms with Crippen molar-refractivity contribution in [1.29, 1.82) is 0 Å². The molecule has 1 saturated heterocycles. The van der Waals surface area contributed by atoms with Gasteiger partial charge >= 0.3 is 0 Å². The number of nitrogens with one attached hydrogen (secondary N) is 1. The highest BCUT2D eigenvalue weighted by Gasteiger charge is 2.24. The van der Waals surface area contributed by atoms with Crippen LogP contribution in [0.4, 0.5) is 0 Å². The fraction of sp³-hybridized carbons (Fsp3) is 0.571. The quantitative estimate of drug-likeness (QED) is 0.872. The van der Waals surface area contributed by atoms with Gasteiger partial charge in [0.05, 0.1) is 20.3 Å². The Morgan fingerprint density at radius 2 is 2.16 bits per heavy atom. The van der Waals surface area contributed by atoms with E-state index >= 15 is 0 Å². The van der Waals surface area contributed by atoms with Crippen LogP contribution in [0.1, 0.15) is 24.9 Å². The van der Waals surface area contributed by atoms with Crippen LogP contribution in [0.25, 0.3) is 0 Å². The molecule has 5 heteroatoms. The molecule has 19 heavy (non-hydrogen) atoms. The van der Waals surface area contributed by atoms with E-state index in [4.69, 9.17) is 25.8 Å². The van der Waals surface area contributed by atoms with Gasteiger partial charge in [0, 0.05) is 23.0 Å². The Morgan fingerprint density at radius 1 is 1.42 bits per heavy atom. The summed E-state index contributed by atoms with van der Waals surface area (Å²) in [6, 6.07) is 5.75. The smallest absolute Gasteiger partial charge is 0.159 e. The molecule has 1 aromatic carbocycles. The molecule has 1 aliphatic rings. The highest BCUT2D eigenvalue weighted by atomic mass is 35.5. The molecule has 1 unspecified atom stereocenters. The standard InChI is InChI=1S/C14H20ClNO3/c1-3-16-12(9-14-18-6-7-19-14)11-8-10(15)4-5-13(11)17-2/h4-5,8,12,14,16H,3,6-7,9H2,1-2H3.